The molecule has 0 spiro atoms. The summed E-state index contributed by atoms with van der Waals surface area (Å²) in [6, 6.07) is 7.17. The van der Waals surface area contributed by atoms with Crippen molar-refractivity contribution in [2.24, 2.45) is 0 Å². The average Bonchev–Trinajstić information content (AvgIpc) is 2.95. The molecule has 0 saturated heterocycles. The summed E-state index contributed by atoms with van der Waals surface area (Å²) < 4.78 is 1.81. The summed E-state index contributed by atoms with van der Waals surface area (Å²) in [5.74, 6) is -0.277. The number of hydrogen-bond donors (Lipinski definition) is 1. The van der Waals surface area contributed by atoms with E-state index in [0.29, 0.717) is 5.56 Å². The lowest BCUT2D eigenvalue weighted by atomic mass is 10.1. The summed E-state index contributed by atoms with van der Waals surface area (Å²) in [6.07, 6.45) is 1.69. The van der Waals surface area contributed by atoms with Crippen LogP contribution in [0.15, 0.2) is 36.5 Å². The summed E-state index contributed by atoms with van der Waals surface area (Å²) in [5, 5.41) is 17.6. The molecule has 0 aliphatic rings. The highest BCUT2D eigenvalue weighted by Crippen LogP contribution is 2.15. The van der Waals surface area contributed by atoms with Crippen LogP contribution in [-0.2, 0) is 6.54 Å². The molecule has 1 aromatic carbocycles. The third-order valence-corrected chi connectivity index (χ3v) is 3.18. The number of amides is 1. The first-order valence-electron chi connectivity index (χ1n) is 6.60. The molecule has 0 fully saturated rings. The fourth-order valence-electron chi connectivity index (χ4n) is 2.06. The maximum Gasteiger partial charge on any atom is 0.269 e. The first kappa shape index (κ1) is 14.7. The Morgan fingerprint density at radius 3 is 2.62 bits per heavy atom. The van der Waals surface area contributed by atoms with Crippen LogP contribution in [0.3, 0.4) is 0 Å². The van der Waals surface area contributed by atoms with Crippen molar-refractivity contribution in [2.45, 2.75) is 26.4 Å². The molecule has 1 amide bonds. The van der Waals surface area contributed by atoms with E-state index >= 15 is 0 Å². The number of rotatable bonds is 5. The molecule has 0 radical (unpaired) electrons. The standard InChI is InChI=1S/C14H16N4O3/c1-3-17-13(8-9-15-17)10(2)16-14(19)11-4-6-12(7-5-11)18(20)21/h4-10H,3H2,1-2H3,(H,16,19). The van der Waals surface area contributed by atoms with Gasteiger partial charge in [-0.15, -0.1) is 0 Å². The molecule has 1 heterocycles. The molecule has 7 nitrogen and oxygen atoms in total. The van der Waals surface area contributed by atoms with Gasteiger partial charge >= 0.3 is 0 Å². The molecule has 7 heteroatoms. The van der Waals surface area contributed by atoms with E-state index < -0.39 is 4.92 Å². The van der Waals surface area contributed by atoms with E-state index in [2.05, 4.69) is 10.4 Å². The van der Waals surface area contributed by atoms with Gasteiger partial charge in [-0.2, -0.15) is 5.10 Å². The van der Waals surface area contributed by atoms with E-state index in [9.17, 15) is 14.9 Å². The molecule has 2 rings (SSSR count). The largest absolute Gasteiger partial charge is 0.344 e. The van der Waals surface area contributed by atoms with Crippen molar-refractivity contribution >= 4 is 11.6 Å². The van der Waals surface area contributed by atoms with E-state index in [4.69, 9.17) is 0 Å². The van der Waals surface area contributed by atoms with Gasteiger partial charge in [-0.05, 0) is 32.0 Å². The van der Waals surface area contributed by atoms with Gasteiger partial charge in [0.15, 0.2) is 0 Å². The lowest BCUT2D eigenvalue weighted by Crippen LogP contribution is -2.28. The second-order valence-electron chi connectivity index (χ2n) is 4.57. The molecule has 2 aromatic rings. The van der Waals surface area contributed by atoms with Gasteiger partial charge < -0.3 is 5.32 Å². The highest BCUT2D eigenvalue weighted by atomic mass is 16.6. The van der Waals surface area contributed by atoms with Crippen LogP contribution in [0.1, 0.15) is 35.9 Å². The molecule has 1 aromatic heterocycles. The summed E-state index contributed by atoms with van der Waals surface area (Å²) in [7, 11) is 0. The molecule has 110 valence electrons. The number of non-ortho nitro benzene ring substituents is 1. The second-order valence-corrected chi connectivity index (χ2v) is 4.57. The molecule has 1 unspecified atom stereocenters. The normalized spacial score (nSPS) is 11.9. The fraction of sp³-hybridized carbons (Fsp3) is 0.286. The predicted molar refractivity (Wildman–Crippen MR) is 76.9 cm³/mol. The molecular formula is C14H16N4O3. The van der Waals surface area contributed by atoms with E-state index in [0.717, 1.165) is 12.2 Å². The van der Waals surface area contributed by atoms with Crippen LogP contribution in [0.4, 0.5) is 5.69 Å². The molecule has 0 saturated carbocycles. The van der Waals surface area contributed by atoms with Gasteiger partial charge in [-0.25, -0.2) is 0 Å². The van der Waals surface area contributed by atoms with Crippen molar-refractivity contribution in [1.82, 2.24) is 15.1 Å². The van der Waals surface area contributed by atoms with Gasteiger partial charge in [0.1, 0.15) is 0 Å². The highest BCUT2D eigenvalue weighted by molar-refractivity contribution is 5.94. The average molecular weight is 288 g/mol. The lowest BCUT2D eigenvalue weighted by Gasteiger charge is -2.15. The van der Waals surface area contributed by atoms with Crippen LogP contribution in [0.5, 0.6) is 0 Å². The Balaban J connectivity index is 2.09. The minimum Gasteiger partial charge on any atom is -0.344 e. The zero-order chi connectivity index (χ0) is 15.4. The van der Waals surface area contributed by atoms with Crippen LogP contribution in [0.25, 0.3) is 0 Å². The number of nitro benzene ring substituents is 1. The number of nitrogens with one attached hydrogen (secondary N) is 1. The number of nitro groups is 1. The Kier molecular flexibility index (Phi) is 4.32. The number of aryl methyl sites for hydroxylation is 1. The van der Waals surface area contributed by atoms with Crippen molar-refractivity contribution in [2.75, 3.05) is 0 Å². The molecule has 0 aliphatic heterocycles. The third kappa shape index (κ3) is 3.25. The number of carbonyl (C=O) groups is 1. The van der Waals surface area contributed by atoms with Crippen molar-refractivity contribution < 1.29 is 9.72 Å². The van der Waals surface area contributed by atoms with Gasteiger partial charge in [-0.3, -0.25) is 19.6 Å². The minimum atomic E-state index is -0.496. The van der Waals surface area contributed by atoms with E-state index in [1.54, 1.807) is 10.9 Å². The van der Waals surface area contributed by atoms with Crippen LogP contribution in [-0.4, -0.2) is 20.6 Å². The van der Waals surface area contributed by atoms with Crippen LogP contribution >= 0.6 is 0 Å². The molecule has 0 bridgehead atoms. The van der Waals surface area contributed by atoms with Crippen molar-refractivity contribution in [3.05, 3.63) is 57.9 Å². The molecule has 0 aliphatic carbocycles. The maximum absolute atomic E-state index is 12.1. The van der Waals surface area contributed by atoms with Crippen LogP contribution in [0.2, 0.25) is 0 Å². The predicted octanol–water partition coefficient (Wildman–Crippen LogP) is 2.30. The molecule has 1 N–H and O–H groups in total. The Morgan fingerprint density at radius 2 is 2.05 bits per heavy atom. The maximum atomic E-state index is 12.1. The molecular weight excluding hydrogens is 272 g/mol. The minimum absolute atomic E-state index is 0.0383. The van der Waals surface area contributed by atoms with Crippen molar-refractivity contribution in [1.29, 1.82) is 0 Å². The number of nitrogens with zero attached hydrogens (tertiary/aromatic N) is 3. The van der Waals surface area contributed by atoms with E-state index in [1.807, 2.05) is 19.9 Å². The number of hydrogen-bond acceptors (Lipinski definition) is 4. The Hall–Kier alpha value is -2.70. The summed E-state index contributed by atoms with van der Waals surface area (Å²) >= 11 is 0. The Bertz CT molecular complexity index is 648. The first-order valence-corrected chi connectivity index (χ1v) is 6.60. The van der Waals surface area contributed by atoms with E-state index in [-0.39, 0.29) is 17.6 Å². The zero-order valence-corrected chi connectivity index (χ0v) is 11.8. The van der Waals surface area contributed by atoms with E-state index in [1.165, 1.54) is 24.3 Å². The van der Waals surface area contributed by atoms with Gasteiger partial charge in [0.05, 0.1) is 16.7 Å². The molecule has 21 heavy (non-hydrogen) atoms. The highest BCUT2D eigenvalue weighted by Gasteiger charge is 2.15. The van der Waals surface area contributed by atoms with Crippen molar-refractivity contribution in [3.63, 3.8) is 0 Å². The Labute approximate surface area is 121 Å². The summed E-state index contributed by atoms with van der Waals surface area (Å²) in [5.41, 5.74) is 1.26. The SMILES string of the molecule is CCn1nccc1C(C)NC(=O)c1ccc([N+](=O)[O-])cc1. The van der Waals surface area contributed by atoms with Gasteiger partial charge in [0, 0.05) is 30.4 Å². The monoisotopic (exact) mass is 288 g/mol. The topological polar surface area (TPSA) is 90.1 Å². The second kappa shape index (κ2) is 6.17. The number of benzene rings is 1. The third-order valence-electron chi connectivity index (χ3n) is 3.18. The smallest absolute Gasteiger partial charge is 0.269 e. The molecule has 1 atom stereocenters. The number of aromatic nitrogens is 2. The first-order chi connectivity index (χ1) is 10.0. The Morgan fingerprint density at radius 1 is 1.38 bits per heavy atom. The fourth-order valence-corrected chi connectivity index (χ4v) is 2.06. The van der Waals surface area contributed by atoms with Gasteiger partial charge in [0.25, 0.3) is 11.6 Å². The van der Waals surface area contributed by atoms with Gasteiger partial charge in [-0.1, -0.05) is 0 Å². The van der Waals surface area contributed by atoms with Crippen LogP contribution < -0.4 is 5.32 Å². The quantitative estimate of drug-likeness (QED) is 0.675. The number of carbonyl (C=O) groups excluding carboxylic acids is 1. The zero-order valence-electron chi connectivity index (χ0n) is 11.8. The van der Waals surface area contributed by atoms with Crippen LogP contribution in [0, 0.1) is 10.1 Å². The van der Waals surface area contributed by atoms with Crippen molar-refractivity contribution in [3.8, 4) is 0 Å². The summed E-state index contributed by atoms with van der Waals surface area (Å²) in [6.45, 7) is 4.56. The van der Waals surface area contributed by atoms with Gasteiger partial charge in [0.2, 0.25) is 0 Å². The summed E-state index contributed by atoms with van der Waals surface area (Å²) in [4.78, 5) is 22.2. The lowest BCUT2D eigenvalue weighted by molar-refractivity contribution is -0.384.